The van der Waals surface area contributed by atoms with Gasteiger partial charge in [0.15, 0.2) is 0 Å². The molecule has 1 aliphatic carbocycles. The molecular formula is C14H23N3O3. The molecule has 20 heavy (non-hydrogen) atoms. The largest absolute Gasteiger partial charge is 0.385 e. The van der Waals surface area contributed by atoms with Gasteiger partial charge in [-0.3, -0.25) is 4.79 Å². The molecule has 1 fully saturated rings. The van der Waals surface area contributed by atoms with Gasteiger partial charge in [0.1, 0.15) is 0 Å². The second-order valence-corrected chi connectivity index (χ2v) is 5.04. The fourth-order valence-corrected chi connectivity index (χ4v) is 2.03. The molecule has 1 aromatic heterocycles. The Labute approximate surface area is 119 Å². The number of ether oxygens (including phenoxy) is 2. The average molecular weight is 281 g/mol. The van der Waals surface area contributed by atoms with Crippen molar-refractivity contribution >= 4 is 5.69 Å². The van der Waals surface area contributed by atoms with E-state index in [1.165, 1.54) is 23.9 Å². The lowest BCUT2D eigenvalue weighted by Crippen LogP contribution is -2.29. The second-order valence-electron chi connectivity index (χ2n) is 5.04. The lowest BCUT2D eigenvalue weighted by molar-refractivity contribution is 0.0954. The first-order valence-corrected chi connectivity index (χ1v) is 7.20. The Morgan fingerprint density at radius 1 is 1.40 bits per heavy atom. The van der Waals surface area contributed by atoms with Crippen LogP contribution >= 0.6 is 0 Å². The number of anilines is 1. The van der Waals surface area contributed by atoms with Crippen LogP contribution in [0.2, 0.25) is 0 Å². The van der Waals surface area contributed by atoms with Gasteiger partial charge in [-0.2, -0.15) is 5.10 Å². The van der Waals surface area contributed by atoms with Crippen LogP contribution in [-0.4, -0.2) is 42.8 Å². The van der Waals surface area contributed by atoms with Crippen LogP contribution in [0.25, 0.3) is 0 Å². The van der Waals surface area contributed by atoms with E-state index in [0.29, 0.717) is 32.4 Å². The number of aromatic nitrogens is 2. The van der Waals surface area contributed by atoms with E-state index in [2.05, 4.69) is 10.4 Å². The fourth-order valence-electron chi connectivity index (χ4n) is 2.03. The van der Waals surface area contributed by atoms with Crippen LogP contribution in [0, 0.1) is 0 Å². The third-order valence-electron chi connectivity index (χ3n) is 3.43. The topological polar surface area (TPSA) is 65.4 Å². The summed E-state index contributed by atoms with van der Waals surface area (Å²) in [5.41, 5.74) is 0.728. The minimum Gasteiger partial charge on any atom is -0.385 e. The third kappa shape index (κ3) is 4.61. The molecule has 1 N–H and O–H groups in total. The summed E-state index contributed by atoms with van der Waals surface area (Å²) in [7, 11) is 1.67. The quantitative estimate of drug-likeness (QED) is 0.690. The van der Waals surface area contributed by atoms with E-state index < -0.39 is 0 Å². The number of nitrogens with zero attached hydrogens (tertiary/aromatic N) is 2. The molecule has 1 aliphatic rings. The number of methoxy groups -OCH3 is 1. The summed E-state index contributed by atoms with van der Waals surface area (Å²) >= 11 is 0. The molecule has 0 saturated heterocycles. The first-order chi connectivity index (χ1) is 9.79. The Morgan fingerprint density at radius 3 is 2.90 bits per heavy atom. The molecule has 1 heterocycles. The molecule has 0 spiro atoms. The van der Waals surface area contributed by atoms with E-state index in [0.717, 1.165) is 12.1 Å². The predicted molar refractivity (Wildman–Crippen MR) is 77.1 cm³/mol. The van der Waals surface area contributed by atoms with Crippen molar-refractivity contribution in [3.8, 4) is 0 Å². The standard InChI is InChI=1S/C14H23N3O3/c1-19-7-3-8-20-9-6-17-14(18)10-13(11-15-17)16-12-4-2-5-12/h10-12,16H,2-9H2,1H3. The first kappa shape index (κ1) is 15.0. The molecule has 0 unspecified atom stereocenters. The zero-order valence-corrected chi connectivity index (χ0v) is 12.0. The second kappa shape index (κ2) is 8.01. The maximum Gasteiger partial charge on any atom is 0.268 e. The van der Waals surface area contributed by atoms with Gasteiger partial charge in [0.2, 0.25) is 0 Å². The molecule has 112 valence electrons. The lowest BCUT2D eigenvalue weighted by atomic mass is 9.93. The van der Waals surface area contributed by atoms with E-state index in [-0.39, 0.29) is 5.56 Å². The van der Waals surface area contributed by atoms with Gasteiger partial charge >= 0.3 is 0 Å². The molecule has 6 heteroatoms. The molecule has 6 nitrogen and oxygen atoms in total. The summed E-state index contributed by atoms with van der Waals surface area (Å²) in [5, 5.41) is 7.48. The Kier molecular flexibility index (Phi) is 6.01. The smallest absolute Gasteiger partial charge is 0.268 e. The molecule has 1 saturated carbocycles. The van der Waals surface area contributed by atoms with E-state index in [1.54, 1.807) is 19.4 Å². The molecule has 0 atom stereocenters. The van der Waals surface area contributed by atoms with Gasteiger partial charge in [-0.1, -0.05) is 0 Å². The number of nitrogens with one attached hydrogen (secondary N) is 1. The molecule has 2 rings (SSSR count). The summed E-state index contributed by atoms with van der Waals surface area (Å²) < 4.78 is 11.8. The van der Waals surface area contributed by atoms with E-state index in [4.69, 9.17) is 9.47 Å². The molecular weight excluding hydrogens is 258 g/mol. The van der Waals surface area contributed by atoms with Gasteiger partial charge in [0.05, 0.1) is 25.0 Å². The van der Waals surface area contributed by atoms with E-state index >= 15 is 0 Å². The molecule has 0 aliphatic heterocycles. The molecule has 1 aromatic rings. The molecule has 0 amide bonds. The van der Waals surface area contributed by atoms with Gasteiger partial charge in [-0.15, -0.1) is 0 Å². The van der Waals surface area contributed by atoms with Gasteiger partial charge in [-0.05, 0) is 25.7 Å². The van der Waals surface area contributed by atoms with Crippen LogP contribution in [0.15, 0.2) is 17.1 Å². The van der Waals surface area contributed by atoms with Crippen molar-refractivity contribution in [2.45, 2.75) is 38.3 Å². The van der Waals surface area contributed by atoms with Crippen molar-refractivity contribution in [2.24, 2.45) is 0 Å². The SMILES string of the molecule is COCCCOCCn1ncc(NC2CCC2)cc1=O. The summed E-state index contributed by atoms with van der Waals surface area (Å²) in [6.07, 6.45) is 6.20. The first-order valence-electron chi connectivity index (χ1n) is 7.20. The Bertz CT molecular complexity index is 457. The predicted octanol–water partition coefficient (Wildman–Crippen LogP) is 1.26. The monoisotopic (exact) mass is 281 g/mol. The van der Waals surface area contributed by atoms with Crippen molar-refractivity contribution in [3.63, 3.8) is 0 Å². The van der Waals surface area contributed by atoms with E-state index in [1.807, 2.05) is 0 Å². The number of hydrogen-bond donors (Lipinski definition) is 1. The van der Waals surface area contributed by atoms with Crippen molar-refractivity contribution in [1.82, 2.24) is 9.78 Å². The normalized spacial score (nSPS) is 15.1. The molecule has 0 radical (unpaired) electrons. The minimum atomic E-state index is -0.0881. The molecule has 0 bridgehead atoms. The Balaban J connectivity index is 1.73. The van der Waals surface area contributed by atoms with Crippen LogP contribution < -0.4 is 10.9 Å². The van der Waals surface area contributed by atoms with Crippen LogP contribution in [0.5, 0.6) is 0 Å². The third-order valence-corrected chi connectivity index (χ3v) is 3.43. The highest BCUT2D eigenvalue weighted by atomic mass is 16.5. The van der Waals surface area contributed by atoms with Crippen LogP contribution in [0.1, 0.15) is 25.7 Å². The fraction of sp³-hybridized carbons (Fsp3) is 0.714. The van der Waals surface area contributed by atoms with Gasteiger partial charge in [-0.25, -0.2) is 4.68 Å². The maximum atomic E-state index is 11.9. The maximum absolute atomic E-state index is 11.9. The summed E-state index contributed by atoms with van der Waals surface area (Å²) in [4.78, 5) is 11.9. The van der Waals surface area contributed by atoms with Crippen LogP contribution in [-0.2, 0) is 16.0 Å². The zero-order valence-electron chi connectivity index (χ0n) is 12.0. The summed E-state index contributed by atoms with van der Waals surface area (Å²) in [5.74, 6) is 0. The number of hydrogen-bond acceptors (Lipinski definition) is 5. The Hall–Kier alpha value is -1.40. The van der Waals surface area contributed by atoms with Gasteiger partial charge in [0, 0.05) is 32.4 Å². The van der Waals surface area contributed by atoms with Crippen LogP contribution in [0.3, 0.4) is 0 Å². The lowest BCUT2D eigenvalue weighted by Gasteiger charge is -2.27. The van der Waals surface area contributed by atoms with E-state index in [9.17, 15) is 4.79 Å². The summed E-state index contributed by atoms with van der Waals surface area (Å²) in [6, 6.07) is 2.12. The highest BCUT2D eigenvalue weighted by Crippen LogP contribution is 2.21. The van der Waals surface area contributed by atoms with Gasteiger partial charge < -0.3 is 14.8 Å². The summed E-state index contributed by atoms with van der Waals surface area (Å²) in [6.45, 7) is 2.31. The Morgan fingerprint density at radius 2 is 2.25 bits per heavy atom. The van der Waals surface area contributed by atoms with Crippen molar-refractivity contribution < 1.29 is 9.47 Å². The highest BCUT2D eigenvalue weighted by Gasteiger charge is 2.17. The number of rotatable bonds is 9. The highest BCUT2D eigenvalue weighted by molar-refractivity contribution is 5.40. The van der Waals surface area contributed by atoms with Crippen molar-refractivity contribution in [1.29, 1.82) is 0 Å². The minimum absolute atomic E-state index is 0.0881. The van der Waals surface area contributed by atoms with Crippen molar-refractivity contribution in [3.05, 3.63) is 22.6 Å². The van der Waals surface area contributed by atoms with Gasteiger partial charge in [0.25, 0.3) is 5.56 Å². The van der Waals surface area contributed by atoms with Crippen LogP contribution in [0.4, 0.5) is 5.69 Å². The molecule has 0 aromatic carbocycles. The van der Waals surface area contributed by atoms with Crippen molar-refractivity contribution in [2.75, 3.05) is 32.2 Å². The zero-order chi connectivity index (χ0) is 14.2. The average Bonchev–Trinajstić information content (AvgIpc) is 2.40.